The van der Waals surface area contributed by atoms with Crippen molar-refractivity contribution in [2.45, 2.75) is 25.9 Å². The number of halogens is 1. The number of morpholine rings is 1. The molecule has 5 nitrogen and oxygen atoms in total. The first-order valence-corrected chi connectivity index (χ1v) is 8.14. The Kier molecular flexibility index (Phi) is 5.98. The van der Waals surface area contributed by atoms with E-state index in [1.165, 1.54) is 0 Å². The van der Waals surface area contributed by atoms with E-state index in [1.54, 1.807) is 4.90 Å². The van der Waals surface area contributed by atoms with Crippen LogP contribution in [0.4, 0.5) is 5.69 Å². The Balaban J connectivity index is 1.89. The van der Waals surface area contributed by atoms with Gasteiger partial charge in [0, 0.05) is 22.3 Å². The van der Waals surface area contributed by atoms with E-state index in [0.29, 0.717) is 13.2 Å². The molecule has 1 saturated heterocycles. The van der Waals surface area contributed by atoms with Crippen molar-refractivity contribution in [2.75, 3.05) is 25.0 Å². The van der Waals surface area contributed by atoms with Gasteiger partial charge >= 0.3 is 0 Å². The van der Waals surface area contributed by atoms with Gasteiger partial charge in [-0.1, -0.05) is 6.92 Å². The molecule has 1 aliphatic heterocycles. The average molecular weight is 402 g/mol. The molecule has 21 heavy (non-hydrogen) atoms. The van der Waals surface area contributed by atoms with E-state index in [-0.39, 0.29) is 18.2 Å². The van der Waals surface area contributed by atoms with E-state index >= 15 is 0 Å². The van der Waals surface area contributed by atoms with Crippen molar-refractivity contribution in [1.82, 2.24) is 4.90 Å². The Labute approximate surface area is 138 Å². The Hall–Kier alpha value is -1.15. The second kappa shape index (κ2) is 7.74. The van der Waals surface area contributed by atoms with Gasteiger partial charge in [0.05, 0.1) is 13.0 Å². The average Bonchev–Trinajstić information content (AvgIpc) is 2.46. The van der Waals surface area contributed by atoms with Crippen LogP contribution in [0.5, 0.6) is 0 Å². The Morgan fingerprint density at radius 3 is 2.81 bits per heavy atom. The summed E-state index contributed by atoms with van der Waals surface area (Å²) in [5, 5.41) is 2.79. The normalized spacial score (nSPS) is 18.7. The minimum Gasteiger partial charge on any atom is -0.366 e. The Bertz CT molecular complexity index is 502. The zero-order valence-electron chi connectivity index (χ0n) is 12.0. The number of carbonyl (C=O) groups is 2. The van der Waals surface area contributed by atoms with E-state index in [1.807, 2.05) is 31.2 Å². The largest absolute Gasteiger partial charge is 0.366 e. The lowest BCUT2D eigenvalue weighted by Gasteiger charge is -2.32. The molecule has 1 aliphatic rings. The molecular weight excluding hydrogens is 383 g/mol. The number of nitrogens with one attached hydrogen (secondary N) is 1. The summed E-state index contributed by atoms with van der Waals surface area (Å²) in [5.74, 6) is -0.284. The van der Waals surface area contributed by atoms with Gasteiger partial charge in [-0.05, 0) is 53.3 Å². The molecule has 114 valence electrons. The Morgan fingerprint density at radius 1 is 1.43 bits per heavy atom. The van der Waals surface area contributed by atoms with Gasteiger partial charge in [-0.3, -0.25) is 9.59 Å². The molecule has 1 fully saturated rings. The third kappa shape index (κ3) is 4.67. The van der Waals surface area contributed by atoms with Crippen LogP contribution in [0.3, 0.4) is 0 Å². The highest BCUT2D eigenvalue weighted by Crippen LogP contribution is 2.14. The van der Waals surface area contributed by atoms with Crippen LogP contribution in [0, 0.1) is 3.57 Å². The van der Waals surface area contributed by atoms with Crippen LogP contribution in [0.25, 0.3) is 0 Å². The molecule has 0 radical (unpaired) electrons. The predicted octanol–water partition coefficient (Wildman–Crippen LogP) is 2.26. The van der Waals surface area contributed by atoms with Crippen molar-refractivity contribution in [1.29, 1.82) is 0 Å². The van der Waals surface area contributed by atoms with E-state index in [0.717, 1.165) is 22.2 Å². The van der Waals surface area contributed by atoms with Crippen molar-refractivity contribution in [3.8, 4) is 0 Å². The second-order valence-electron chi connectivity index (χ2n) is 4.94. The summed E-state index contributed by atoms with van der Waals surface area (Å²) in [7, 11) is 0. The fraction of sp³-hybridized carbons (Fsp3) is 0.467. The number of benzene rings is 1. The molecule has 1 heterocycles. The number of carbonyl (C=O) groups excluding carboxylic acids is 2. The number of nitrogens with zero attached hydrogens (tertiary/aromatic N) is 1. The lowest BCUT2D eigenvalue weighted by atomic mass is 10.1. The van der Waals surface area contributed by atoms with Crippen LogP contribution >= 0.6 is 22.6 Å². The van der Waals surface area contributed by atoms with Crippen molar-refractivity contribution >= 4 is 40.1 Å². The summed E-state index contributed by atoms with van der Waals surface area (Å²) in [6, 6.07) is 7.52. The summed E-state index contributed by atoms with van der Waals surface area (Å²) in [6.07, 6.45) is 0.312. The summed E-state index contributed by atoms with van der Waals surface area (Å²) in [6.45, 7) is 3.85. The lowest BCUT2D eigenvalue weighted by Crippen LogP contribution is -2.49. The highest BCUT2D eigenvalue weighted by Gasteiger charge is 2.30. The van der Waals surface area contributed by atoms with Gasteiger partial charge in [0.25, 0.3) is 5.91 Å². The molecule has 0 aromatic heterocycles. The summed E-state index contributed by atoms with van der Waals surface area (Å²) >= 11 is 2.20. The first kappa shape index (κ1) is 16.2. The zero-order chi connectivity index (χ0) is 15.2. The molecular formula is C15H19IN2O3. The summed E-state index contributed by atoms with van der Waals surface area (Å²) < 4.78 is 6.54. The Morgan fingerprint density at radius 2 is 2.14 bits per heavy atom. The monoisotopic (exact) mass is 402 g/mol. The van der Waals surface area contributed by atoms with Crippen LogP contribution in [-0.4, -0.2) is 42.5 Å². The number of hydrogen-bond donors (Lipinski definition) is 1. The molecule has 1 unspecified atom stereocenters. The first-order chi connectivity index (χ1) is 10.1. The van der Waals surface area contributed by atoms with E-state index in [9.17, 15) is 9.59 Å². The number of rotatable bonds is 5. The molecule has 6 heteroatoms. The van der Waals surface area contributed by atoms with Crippen LogP contribution in [0.2, 0.25) is 0 Å². The second-order valence-corrected chi connectivity index (χ2v) is 6.19. The number of amides is 2. The third-order valence-electron chi connectivity index (χ3n) is 3.26. The minimum atomic E-state index is -0.658. The van der Waals surface area contributed by atoms with Gasteiger partial charge in [0.1, 0.15) is 6.10 Å². The summed E-state index contributed by atoms with van der Waals surface area (Å²) in [5.41, 5.74) is 0.731. The van der Waals surface area contributed by atoms with Gasteiger partial charge in [-0.15, -0.1) is 0 Å². The van der Waals surface area contributed by atoms with Crippen molar-refractivity contribution in [2.24, 2.45) is 0 Å². The van der Waals surface area contributed by atoms with Crippen LogP contribution in [0.15, 0.2) is 24.3 Å². The number of anilines is 1. The highest BCUT2D eigenvalue weighted by molar-refractivity contribution is 14.1. The van der Waals surface area contributed by atoms with Crippen molar-refractivity contribution < 1.29 is 14.3 Å². The topological polar surface area (TPSA) is 58.6 Å². The fourth-order valence-corrected chi connectivity index (χ4v) is 2.60. The molecule has 0 aliphatic carbocycles. The molecule has 0 bridgehead atoms. The SMILES string of the molecule is CCCN1CCOC(CC(=O)Nc2ccc(I)cc2)C1=O. The van der Waals surface area contributed by atoms with Crippen molar-refractivity contribution in [3.63, 3.8) is 0 Å². The maximum atomic E-state index is 12.2. The van der Waals surface area contributed by atoms with Crippen LogP contribution in [0.1, 0.15) is 19.8 Å². The van der Waals surface area contributed by atoms with E-state index in [2.05, 4.69) is 27.9 Å². The standard InChI is InChI=1S/C15H19IN2O3/c1-2-7-18-8-9-21-13(15(18)20)10-14(19)17-12-5-3-11(16)4-6-12/h3-6,13H,2,7-10H2,1H3,(H,17,19). The quantitative estimate of drug-likeness (QED) is 0.769. The van der Waals surface area contributed by atoms with Crippen molar-refractivity contribution in [3.05, 3.63) is 27.8 Å². The molecule has 2 amide bonds. The van der Waals surface area contributed by atoms with Gasteiger partial charge in [-0.2, -0.15) is 0 Å². The first-order valence-electron chi connectivity index (χ1n) is 7.06. The maximum Gasteiger partial charge on any atom is 0.252 e. The minimum absolute atomic E-state index is 0.0605. The number of hydrogen-bond acceptors (Lipinski definition) is 3. The van der Waals surface area contributed by atoms with E-state index < -0.39 is 6.10 Å². The molecule has 1 atom stereocenters. The van der Waals surface area contributed by atoms with Gasteiger partial charge < -0.3 is 15.0 Å². The van der Waals surface area contributed by atoms with Gasteiger partial charge in [0.2, 0.25) is 5.91 Å². The molecule has 1 aromatic rings. The third-order valence-corrected chi connectivity index (χ3v) is 3.98. The van der Waals surface area contributed by atoms with Gasteiger partial charge in [0.15, 0.2) is 0 Å². The molecule has 1 aromatic carbocycles. The smallest absolute Gasteiger partial charge is 0.252 e. The zero-order valence-corrected chi connectivity index (χ0v) is 14.1. The highest BCUT2D eigenvalue weighted by atomic mass is 127. The van der Waals surface area contributed by atoms with Gasteiger partial charge in [-0.25, -0.2) is 0 Å². The molecule has 2 rings (SSSR count). The maximum absolute atomic E-state index is 12.2. The molecule has 0 saturated carbocycles. The fourth-order valence-electron chi connectivity index (χ4n) is 2.24. The summed E-state index contributed by atoms with van der Waals surface area (Å²) in [4.78, 5) is 26.0. The van der Waals surface area contributed by atoms with Crippen LogP contribution < -0.4 is 5.32 Å². The predicted molar refractivity (Wildman–Crippen MR) is 89.0 cm³/mol. The molecule has 0 spiro atoms. The van der Waals surface area contributed by atoms with E-state index in [4.69, 9.17) is 4.74 Å². The van der Waals surface area contributed by atoms with Crippen LogP contribution in [-0.2, 0) is 14.3 Å². The molecule has 1 N–H and O–H groups in total. The lowest BCUT2D eigenvalue weighted by molar-refractivity contribution is -0.155. The number of ether oxygens (including phenoxy) is 1.